The first-order valence-electron chi connectivity index (χ1n) is 6.21. The van der Waals surface area contributed by atoms with E-state index in [1.165, 1.54) is 0 Å². The molecule has 0 aliphatic carbocycles. The maximum absolute atomic E-state index is 11.6. The first-order valence-corrected chi connectivity index (χ1v) is 6.21. The molecule has 6 nitrogen and oxygen atoms in total. The summed E-state index contributed by atoms with van der Waals surface area (Å²) in [6.45, 7) is 3.98. The molecule has 2 amide bonds. The predicted molar refractivity (Wildman–Crippen MR) is 70.6 cm³/mol. The summed E-state index contributed by atoms with van der Waals surface area (Å²) in [6, 6.07) is 7.08. The molecule has 2 aromatic rings. The highest BCUT2D eigenvalue weighted by atomic mass is 16.3. The number of hydrogen-bond donors (Lipinski definition) is 2. The largest absolute Gasteiger partial charge is 0.465 e. The van der Waals surface area contributed by atoms with Gasteiger partial charge in [0.15, 0.2) is 0 Å². The molecule has 0 radical (unpaired) electrons. The van der Waals surface area contributed by atoms with E-state index in [4.69, 9.17) is 8.83 Å². The molecule has 0 saturated heterocycles. The van der Waals surface area contributed by atoms with Crippen molar-refractivity contribution in [3.8, 4) is 0 Å². The average Bonchev–Trinajstić information content (AvgIpc) is 3.02. The second-order valence-corrected chi connectivity index (χ2v) is 4.39. The van der Waals surface area contributed by atoms with Crippen molar-refractivity contribution >= 4 is 11.8 Å². The fraction of sp³-hybridized carbons (Fsp3) is 0.286. The molecule has 0 fully saturated rings. The highest BCUT2D eigenvalue weighted by molar-refractivity contribution is 6.35. The molecule has 0 spiro atoms. The van der Waals surface area contributed by atoms with E-state index in [0.29, 0.717) is 11.5 Å². The van der Waals surface area contributed by atoms with Crippen LogP contribution in [0.25, 0.3) is 0 Å². The SMILES string of the molecule is Cc1ccc(CNC(=O)C(=O)NCc2ccc(C)o2)o1. The maximum atomic E-state index is 11.6. The van der Waals surface area contributed by atoms with Crippen molar-refractivity contribution < 1.29 is 18.4 Å². The van der Waals surface area contributed by atoms with Crippen molar-refractivity contribution in [3.05, 3.63) is 47.3 Å². The van der Waals surface area contributed by atoms with Gasteiger partial charge in [0.25, 0.3) is 0 Å². The van der Waals surface area contributed by atoms with Crippen molar-refractivity contribution in [1.82, 2.24) is 10.6 Å². The van der Waals surface area contributed by atoms with Gasteiger partial charge in [0.05, 0.1) is 13.1 Å². The number of amides is 2. The van der Waals surface area contributed by atoms with Crippen LogP contribution in [0, 0.1) is 13.8 Å². The lowest BCUT2D eigenvalue weighted by Crippen LogP contribution is -2.39. The Morgan fingerprint density at radius 2 is 1.25 bits per heavy atom. The van der Waals surface area contributed by atoms with Gasteiger partial charge in [-0.2, -0.15) is 0 Å². The number of carbonyl (C=O) groups excluding carboxylic acids is 2. The van der Waals surface area contributed by atoms with Crippen LogP contribution >= 0.6 is 0 Å². The number of hydrogen-bond acceptors (Lipinski definition) is 4. The van der Waals surface area contributed by atoms with E-state index >= 15 is 0 Å². The highest BCUT2D eigenvalue weighted by Crippen LogP contribution is 2.06. The third kappa shape index (κ3) is 3.74. The second-order valence-electron chi connectivity index (χ2n) is 4.39. The van der Waals surface area contributed by atoms with Gasteiger partial charge in [0.2, 0.25) is 0 Å². The lowest BCUT2D eigenvalue weighted by molar-refractivity contribution is -0.139. The van der Waals surface area contributed by atoms with Gasteiger partial charge < -0.3 is 19.5 Å². The minimum absolute atomic E-state index is 0.181. The first-order chi connectivity index (χ1) is 9.54. The molecule has 106 valence electrons. The molecule has 0 aromatic carbocycles. The minimum Gasteiger partial charge on any atom is -0.465 e. The van der Waals surface area contributed by atoms with E-state index in [1.807, 2.05) is 13.8 Å². The maximum Gasteiger partial charge on any atom is 0.309 e. The Labute approximate surface area is 116 Å². The van der Waals surface area contributed by atoms with Gasteiger partial charge in [-0.25, -0.2) is 0 Å². The Morgan fingerprint density at radius 3 is 1.55 bits per heavy atom. The number of carbonyl (C=O) groups is 2. The van der Waals surface area contributed by atoms with Gasteiger partial charge in [0.1, 0.15) is 23.0 Å². The Kier molecular flexibility index (Phi) is 4.24. The van der Waals surface area contributed by atoms with Crippen LogP contribution in [0.5, 0.6) is 0 Å². The van der Waals surface area contributed by atoms with Crippen LogP contribution in [-0.4, -0.2) is 11.8 Å². The molecule has 6 heteroatoms. The fourth-order valence-corrected chi connectivity index (χ4v) is 1.66. The van der Waals surface area contributed by atoms with E-state index in [2.05, 4.69) is 10.6 Å². The zero-order valence-corrected chi connectivity index (χ0v) is 11.4. The lowest BCUT2D eigenvalue weighted by Gasteiger charge is -2.04. The molecule has 20 heavy (non-hydrogen) atoms. The summed E-state index contributed by atoms with van der Waals surface area (Å²) in [5, 5.41) is 4.96. The second kappa shape index (κ2) is 6.10. The molecule has 0 aliphatic rings. The number of rotatable bonds is 4. The summed E-state index contributed by atoms with van der Waals surface area (Å²) < 4.78 is 10.6. The first kappa shape index (κ1) is 13.9. The Hall–Kier alpha value is -2.50. The van der Waals surface area contributed by atoms with Crippen molar-refractivity contribution in [3.63, 3.8) is 0 Å². The van der Waals surface area contributed by atoms with E-state index in [1.54, 1.807) is 24.3 Å². The van der Waals surface area contributed by atoms with Gasteiger partial charge >= 0.3 is 11.8 Å². The Bertz CT molecular complexity index is 558. The van der Waals surface area contributed by atoms with Crippen LogP contribution in [0.1, 0.15) is 23.0 Å². The van der Waals surface area contributed by atoms with E-state index in [-0.39, 0.29) is 13.1 Å². The number of nitrogens with one attached hydrogen (secondary N) is 2. The molecule has 0 bridgehead atoms. The van der Waals surface area contributed by atoms with Gasteiger partial charge in [0, 0.05) is 0 Å². The normalized spacial score (nSPS) is 10.3. The van der Waals surface area contributed by atoms with Crippen molar-refractivity contribution in [1.29, 1.82) is 0 Å². The Morgan fingerprint density at radius 1 is 0.850 bits per heavy atom. The zero-order valence-electron chi connectivity index (χ0n) is 11.4. The third-order valence-corrected chi connectivity index (χ3v) is 2.64. The van der Waals surface area contributed by atoms with E-state index < -0.39 is 11.8 Å². The molecule has 2 rings (SSSR count). The highest BCUT2D eigenvalue weighted by Gasteiger charge is 2.14. The van der Waals surface area contributed by atoms with Crippen LogP contribution < -0.4 is 10.6 Å². The fourth-order valence-electron chi connectivity index (χ4n) is 1.66. The monoisotopic (exact) mass is 276 g/mol. The van der Waals surface area contributed by atoms with E-state index in [0.717, 1.165) is 11.5 Å². The smallest absolute Gasteiger partial charge is 0.309 e. The summed E-state index contributed by atoms with van der Waals surface area (Å²) in [5.41, 5.74) is 0. The van der Waals surface area contributed by atoms with Gasteiger partial charge in [-0.15, -0.1) is 0 Å². The average molecular weight is 276 g/mol. The molecule has 0 unspecified atom stereocenters. The molecular weight excluding hydrogens is 260 g/mol. The van der Waals surface area contributed by atoms with Crippen LogP contribution in [0.3, 0.4) is 0 Å². The molecule has 2 N–H and O–H groups in total. The summed E-state index contributed by atoms with van der Waals surface area (Å²) in [4.78, 5) is 23.1. The summed E-state index contributed by atoms with van der Waals surface area (Å²) >= 11 is 0. The molecule has 0 saturated carbocycles. The molecule has 2 aromatic heterocycles. The molecule has 0 aliphatic heterocycles. The lowest BCUT2D eigenvalue weighted by atomic mass is 10.4. The zero-order chi connectivity index (χ0) is 14.5. The van der Waals surface area contributed by atoms with Gasteiger partial charge in [-0.1, -0.05) is 0 Å². The van der Waals surface area contributed by atoms with Crippen LogP contribution in [-0.2, 0) is 22.7 Å². The summed E-state index contributed by atoms with van der Waals surface area (Å²) in [6.07, 6.45) is 0. The summed E-state index contributed by atoms with van der Waals surface area (Å²) in [5.74, 6) is 1.30. The molecular formula is C14H16N2O4. The number of aryl methyl sites for hydroxylation is 2. The quantitative estimate of drug-likeness (QED) is 0.827. The van der Waals surface area contributed by atoms with Crippen LogP contribution in [0.2, 0.25) is 0 Å². The minimum atomic E-state index is -0.706. The molecule has 2 heterocycles. The number of furan rings is 2. The molecule has 0 atom stereocenters. The Balaban J connectivity index is 1.76. The van der Waals surface area contributed by atoms with Crippen molar-refractivity contribution in [2.45, 2.75) is 26.9 Å². The topological polar surface area (TPSA) is 84.5 Å². The van der Waals surface area contributed by atoms with Gasteiger partial charge in [-0.3, -0.25) is 9.59 Å². The van der Waals surface area contributed by atoms with E-state index in [9.17, 15) is 9.59 Å². The van der Waals surface area contributed by atoms with Crippen LogP contribution in [0.4, 0.5) is 0 Å². The predicted octanol–water partition coefficient (Wildman–Crippen LogP) is 1.42. The van der Waals surface area contributed by atoms with Crippen molar-refractivity contribution in [2.24, 2.45) is 0 Å². The van der Waals surface area contributed by atoms with Gasteiger partial charge in [-0.05, 0) is 38.1 Å². The van der Waals surface area contributed by atoms with Crippen molar-refractivity contribution in [2.75, 3.05) is 0 Å². The standard InChI is InChI=1S/C14H16N2O4/c1-9-3-5-11(19-9)7-15-13(17)14(18)16-8-12-6-4-10(2)20-12/h3-6H,7-8H2,1-2H3,(H,15,17)(H,16,18). The van der Waals surface area contributed by atoms with Crippen LogP contribution in [0.15, 0.2) is 33.1 Å². The third-order valence-electron chi connectivity index (χ3n) is 2.64. The summed E-state index contributed by atoms with van der Waals surface area (Å²) in [7, 11) is 0.